The monoisotopic (exact) mass is 295 g/mol. The molecule has 3 nitrogen and oxygen atoms in total. The minimum absolute atomic E-state index is 0.280. The zero-order valence-electron chi connectivity index (χ0n) is 9.95. The largest absolute Gasteiger partial charge is 0.454 e. The van der Waals surface area contributed by atoms with E-state index in [4.69, 9.17) is 32.7 Å². The highest BCUT2D eigenvalue weighted by molar-refractivity contribution is 6.35. The molecule has 0 spiro atoms. The fourth-order valence-corrected chi connectivity index (χ4v) is 2.34. The minimum Gasteiger partial charge on any atom is -0.454 e. The van der Waals surface area contributed by atoms with E-state index in [0.717, 1.165) is 22.7 Å². The third-order valence-electron chi connectivity index (χ3n) is 2.87. The highest BCUT2D eigenvalue weighted by atomic mass is 35.5. The number of fused-ring (bicyclic) bond motifs is 1. The molecule has 1 aliphatic rings. The molecule has 0 aliphatic carbocycles. The molecule has 2 aromatic rings. The number of ether oxygens (including phenoxy) is 2. The van der Waals surface area contributed by atoms with Gasteiger partial charge in [0.25, 0.3) is 0 Å². The molecular weight excluding hydrogens is 285 g/mol. The average Bonchev–Trinajstić information content (AvgIpc) is 2.85. The first-order valence-corrected chi connectivity index (χ1v) is 6.55. The van der Waals surface area contributed by atoms with Crippen molar-refractivity contribution in [3.63, 3.8) is 0 Å². The van der Waals surface area contributed by atoms with Crippen LogP contribution in [-0.4, -0.2) is 6.79 Å². The normalized spacial score (nSPS) is 12.5. The molecule has 0 atom stereocenters. The fourth-order valence-electron chi connectivity index (χ4n) is 1.87. The van der Waals surface area contributed by atoms with E-state index in [0.29, 0.717) is 16.6 Å². The lowest BCUT2D eigenvalue weighted by Crippen LogP contribution is -1.99. The molecule has 0 bridgehead atoms. The van der Waals surface area contributed by atoms with Gasteiger partial charge in [-0.2, -0.15) is 0 Å². The average molecular weight is 296 g/mol. The van der Waals surface area contributed by atoms with Crippen molar-refractivity contribution in [2.75, 3.05) is 12.1 Å². The maximum absolute atomic E-state index is 6.12. The highest BCUT2D eigenvalue weighted by Gasteiger charge is 2.13. The number of hydrogen-bond acceptors (Lipinski definition) is 3. The molecular formula is C14H11Cl2NO2. The van der Waals surface area contributed by atoms with Gasteiger partial charge in [0.05, 0.1) is 0 Å². The second-order valence-electron chi connectivity index (χ2n) is 4.16. The topological polar surface area (TPSA) is 30.5 Å². The summed E-state index contributed by atoms with van der Waals surface area (Å²) in [5.41, 5.74) is 1.94. The van der Waals surface area contributed by atoms with E-state index in [9.17, 15) is 0 Å². The third-order valence-corrected chi connectivity index (χ3v) is 3.46. The standard InChI is InChI=1S/C14H11Cl2NO2/c15-10-2-1-9(12(16)5-10)7-17-11-3-4-13-14(6-11)19-8-18-13/h1-6,17H,7-8H2. The second kappa shape index (κ2) is 5.19. The van der Waals surface area contributed by atoms with E-state index in [-0.39, 0.29) is 6.79 Å². The predicted octanol–water partition coefficient (Wildman–Crippen LogP) is 4.33. The number of nitrogens with one attached hydrogen (secondary N) is 1. The molecule has 5 heteroatoms. The molecule has 1 aliphatic heterocycles. The van der Waals surface area contributed by atoms with E-state index in [1.165, 1.54) is 0 Å². The van der Waals surface area contributed by atoms with Crippen molar-refractivity contribution in [1.82, 2.24) is 0 Å². The number of benzene rings is 2. The van der Waals surface area contributed by atoms with Crippen LogP contribution in [0.2, 0.25) is 10.0 Å². The van der Waals surface area contributed by atoms with Crippen molar-refractivity contribution in [3.8, 4) is 11.5 Å². The number of halogens is 2. The van der Waals surface area contributed by atoms with E-state index in [1.807, 2.05) is 30.3 Å². The summed E-state index contributed by atoms with van der Waals surface area (Å²) in [6.45, 7) is 0.900. The predicted molar refractivity (Wildman–Crippen MR) is 76.4 cm³/mol. The third kappa shape index (κ3) is 2.72. The van der Waals surface area contributed by atoms with Crippen LogP contribution in [0.25, 0.3) is 0 Å². The van der Waals surface area contributed by atoms with Crippen LogP contribution in [0.4, 0.5) is 5.69 Å². The number of anilines is 1. The van der Waals surface area contributed by atoms with Gasteiger partial charge in [-0.05, 0) is 29.8 Å². The summed E-state index contributed by atoms with van der Waals surface area (Å²) in [4.78, 5) is 0. The molecule has 1 heterocycles. The van der Waals surface area contributed by atoms with Crippen molar-refractivity contribution < 1.29 is 9.47 Å². The summed E-state index contributed by atoms with van der Waals surface area (Å²) in [6, 6.07) is 11.2. The van der Waals surface area contributed by atoms with Crippen LogP contribution in [0, 0.1) is 0 Å². The van der Waals surface area contributed by atoms with Crippen molar-refractivity contribution in [1.29, 1.82) is 0 Å². The van der Waals surface area contributed by atoms with Crippen molar-refractivity contribution in [2.24, 2.45) is 0 Å². The first-order chi connectivity index (χ1) is 9.22. The van der Waals surface area contributed by atoms with Crippen molar-refractivity contribution in [2.45, 2.75) is 6.54 Å². The Morgan fingerprint density at radius 3 is 2.68 bits per heavy atom. The first-order valence-electron chi connectivity index (χ1n) is 5.80. The molecule has 0 unspecified atom stereocenters. The summed E-state index contributed by atoms with van der Waals surface area (Å²) in [6.07, 6.45) is 0. The Kier molecular flexibility index (Phi) is 3.40. The van der Waals surface area contributed by atoms with Crippen molar-refractivity contribution in [3.05, 3.63) is 52.0 Å². The molecule has 0 amide bonds. The fraction of sp³-hybridized carbons (Fsp3) is 0.143. The molecule has 2 aromatic carbocycles. The van der Waals surface area contributed by atoms with Gasteiger partial charge < -0.3 is 14.8 Å². The Morgan fingerprint density at radius 1 is 1.00 bits per heavy atom. The lowest BCUT2D eigenvalue weighted by Gasteiger charge is -2.09. The zero-order valence-corrected chi connectivity index (χ0v) is 11.5. The van der Waals surface area contributed by atoms with Gasteiger partial charge in [-0.25, -0.2) is 0 Å². The van der Waals surface area contributed by atoms with Crippen LogP contribution >= 0.6 is 23.2 Å². The molecule has 0 saturated heterocycles. The van der Waals surface area contributed by atoms with Gasteiger partial charge in [-0.15, -0.1) is 0 Å². The Hall–Kier alpha value is -1.58. The summed E-state index contributed by atoms with van der Waals surface area (Å²) >= 11 is 12.0. The van der Waals surface area contributed by atoms with E-state index >= 15 is 0 Å². The quantitative estimate of drug-likeness (QED) is 0.914. The molecule has 3 rings (SSSR count). The van der Waals surface area contributed by atoms with Crippen molar-refractivity contribution >= 4 is 28.9 Å². The maximum atomic E-state index is 6.12. The Morgan fingerprint density at radius 2 is 1.84 bits per heavy atom. The van der Waals surface area contributed by atoms with Crippen LogP contribution < -0.4 is 14.8 Å². The number of rotatable bonds is 3. The van der Waals surface area contributed by atoms with Gasteiger partial charge in [-0.3, -0.25) is 0 Å². The van der Waals surface area contributed by atoms with Gasteiger partial charge >= 0.3 is 0 Å². The second-order valence-corrected chi connectivity index (χ2v) is 5.00. The van der Waals surface area contributed by atoms with Gasteiger partial charge in [0, 0.05) is 28.3 Å². The first kappa shape index (κ1) is 12.5. The molecule has 0 radical (unpaired) electrons. The molecule has 0 saturated carbocycles. The molecule has 1 N–H and O–H groups in total. The molecule has 98 valence electrons. The van der Waals surface area contributed by atoms with Gasteiger partial charge in [0.1, 0.15) is 0 Å². The van der Waals surface area contributed by atoms with Crippen LogP contribution in [0.15, 0.2) is 36.4 Å². The maximum Gasteiger partial charge on any atom is 0.231 e. The Balaban J connectivity index is 1.72. The van der Waals surface area contributed by atoms with E-state index in [2.05, 4.69) is 5.32 Å². The lowest BCUT2D eigenvalue weighted by molar-refractivity contribution is 0.174. The lowest BCUT2D eigenvalue weighted by atomic mass is 10.2. The Bertz CT molecular complexity index is 616. The smallest absolute Gasteiger partial charge is 0.231 e. The van der Waals surface area contributed by atoms with E-state index in [1.54, 1.807) is 6.07 Å². The summed E-state index contributed by atoms with van der Waals surface area (Å²) in [5.74, 6) is 1.53. The summed E-state index contributed by atoms with van der Waals surface area (Å²) in [7, 11) is 0. The summed E-state index contributed by atoms with van der Waals surface area (Å²) in [5, 5.41) is 4.58. The summed E-state index contributed by atoms with van der Waals surface area (Å²) < 4.78 is 10.6. The van der Waals surface area contributed by atoms with Crippen LogP contribution in [0.5, 0.6) is 11.5 Å². The minimum atomic E-state index is 0.280. The van der Waals surface area contributed by atoms with Crippen LogP contribution in [-0.2, 0) is 6.54 Å². The van der Waals surface area contributed by atoms with Crippen LogP contribution in [0.1, 0.15) is 5.56 Å². The highest BCUT2D eigenvalue weighted by Crippen LogP contribution is 2.34. The molecule has 19 heavy (non-hydrogen) atoms. The zero-order chi connectivity index (χ0) is 13.2. The molecule has 0 fully saturated rings. The van der Waals surface area contributed by atoms with Crippen LogP contribution in [0.3, 0.4) is 0 Å². The SMILES string of the molecule is Clc1ccc(CNc2ccc3c(c2)OCO3)c(Cl)c1. The number of hydrogen-bond donors (Lipinski definition) is 1. The van der Waals surface area contributed by atoms with Gasteiger partial charge in [-0.1, -0.05) is 29.3 Å². The van der Waals surface area contributed by atoms with E-state index < -0.39 is 0 Å². The van der Waals surface area contributed by atoms with Gasteiger partial charge in [0.15, 0.2) is 11.5 Å². The molecule has 0 aromatic heterocycles. The van der Waals surface area contributed by atoms with Gasteiger partial charge in [0.2, 0.25) is 6.79 Å². The Labute approximate surface area is 121 Å².